The number of sulfonamides is 1. The molecule has 1 aliphatic heterocycles. The van der Waals surface area contributed by atoms with Crippen molar-refractivity contribution in [1.29, 1.82) is 0 Å². The molecule has 3 rings (SSSR count). The number of furan rings is 1. The summed E-state index contributed by atoms with van der Waals surface area (Å²) in [6.07, 6.45) is 2.92. The third kappa shape index (κ3) is 3.31. The van der Waals surface area contributed by atoms with E-state index in [9.17, 15) is 8.42 Å². The fourth-order valence-corrected chi connectivity index (χ4v) is 3.30. The van der Waals surface area contributed by atoms with Crippen molar-refractivity contribution in [3.63, 3.8) is 0 Å². The highest BCUT2D eigenvalue weighted by Gasteiger charge is 2.32. The minimum absolute atomic E-state index is 0.156. The summed E-state index contributed by atoms with van der Waals surface area (Å²) in [5.41, 5.74) is 0.219. The van der Waals surface area contributed by atoms with Crippen molar-refractivity contribution >= 4 is 10.0 Å². The van der Waals surface area contributed by atoms with Crippen LogP contribution in [-0.2, 0) is 14.8 Å². The van der Waals surface area contributed by atoms with Gasteiger partial charge >= 0.3 is 0 Å². The number of nitrogens with zero attached hydrogens (tertiary/aromatic N) is 2. The van der Waals surface area contributed by atoms with Gasteiger partial charge in [0.1, 0.15) is 6.26 Å². The van der Waals surface area contributed by atoms with Crippen LogP contribution in [0.25, 0.3) is 11.5 Å². The van der Waals surface area contributed by atoms with Crippen LogP contribution in [0.5, 0.6) is 0 Å². The zero-order valence-corrected chi connectivity index (χ0v) is 14.0. The smallest absolute Gasteiger partial charge is 0.273 e. The van der Waals surface area contributed by atoms with E-state index in [1.807, 2.05) is 13.8 Å². The zero-order chi connectivity index (χ0) is 16.7. The van der Waals surface area contributed by atoms with Crippen LogP contribution in [-0.4, -0.2) is 37.8 Å². The number of nitrogens with one attached hydrogen (secondary N) is 1. The van der Waals surface area contributed by atoms with Crippen LogP contribution in [0, 0.1) is 0 Å². The first-order valence-corrected chi connectivity index (χ1v) is 8.79. The lowest BCUT2D eigenvalue weighted by atomic mass is 9.88. The Morgan fingerprint density at radius 3 is 2.87 bits per heavy atom. The monoisotopic (exact) mass is 341 g/mol. The van der Waals surface area contributed by atoms with E-state index in [0.717, 1.165) is 12.8 Å². The number of rotatable bonds is 4. The Hall–Kier alpha value is -1.71. The van der Waals surface area contributed by atoms with Crippen molar-refractivity contribution in [1.82, 2.24) is 14.9 Å². The number of ether oxygens (including phenoxy) is 1. The molecule has 23 heavy (non-hydrogen) atoms. The van der Waals surface area contributed by atoms with E-state index in [2.05, 4.69) is 14.9 Å². The summed E-state index contributed by atoms with van der Waals surface area (Å²) in [6, 6.07) is 1.36. The molecule has 0 spiro atoms. The maximum atomic E-state index is 11.7. The second-order valence-electron chi connectivity index (χ2n) is 6.12. The Balaban J connectivity index is 1.82. The Morgan fingerprint density at radius 2 is 2.17 bits per heavy atom. The number of aromatic nitrogens is 2. The SMILES string of the molecule is CNS(=O)(=O)c1cc(-c2nc(C3CCOC(C)(C)C3)no2)co1. The molecule has 126 valence electrons. The van der Waals surface area contributed by atoms with Crippen LogP contribution in [0.15, 0.2) is 26.4 Å². The van der Waals surface area contributed by atoms with E-state index in [0.29, 0.717) is 18.0 Å². The Kier molecular flexibility index (Phi) is 4.03. The molecule has 1 fully saturated rings. The zero-order valence-electron chi connectivity index (χ0n) is 13.2. The predicted octanol–water partition coefficient (Wildman–Crippen LogP) is 1.91. The summed E-state index contributed by atoms with van der Waals surface area (Å²) in [7, 11) is -2.32. The quantitative estimate of drug-likeness (QED) is 0.905. The normalized spacial score (nSPS) is 21.4. The van der Waals surface area contributed by atoms with Crippen LogP contribution >= 0.6 is 0 Å². The molecular weight excluding hydrogens is 322 g/mol. The lowest BCUT2D eigenvalue weighted by molar-refractivity contribution is -0.0604. The van der Waals surface area contributed by atoms with Crippen LogP contribution in [0.3, 0.4) is 0 Å². The van der Waals surface area contributed by atoms with Crippen molar-refractivity contribution < 1.29 is 22.1 Å². The first-order chi connectivity index (χ1) is 10.8. The third-order valence-electron chi connectivity index (χ3n) is 3.86. The van der Waals surface area contributed by atoms with Crippen molar-refractivity contribution in [2.45, 2.75) is 43.3 Å². The van der Waals surface area contributed by atoms with Gasteiger partial charge in [0.05, 0.1) is 11.2 Å². The topological polar surface area (TPSA) is 107 Å². The second-order valence-corrected chi connectivity index (χ2v) is 7.94. The van der Waals surface area contributed by atoms with E-state index in [4.69, 9.17) is 13.7 Å². The molecule has 0 amide bonds. The summed E-state index contributed by atoms with van der Waals surface area (Å²) >= 11 is 0. The van der Waals surface area contributed by atoms with Gasteiger partial charge in [0.15, 0.2) is 5.82 Å². The fraction of sp³-hybridized carbons (Fsp3) is 0.571. The van der Waals surface area contributed by atoms with E-state index in [1.165, 1.54) is 19.4 Å². The molecule has 1 atom stereocenters. The first-order valence-electron chi connectivity index (χ1n) is 7.31. The largest absolute Gasteiger partial charge is 0.451 e. The molecule has 1 aliphatic rings. The minimum Gasteiger partial charge on any atom is -0.451 e. The van der Waals surface area contributed by atoms with Gasteiger partial charge in [-0.3, -0.25) is 0 Å². The lowest BCUT2D eigenvalue weighted by Crippen LogP contribution is -2.33. The Morgan fingerprint density at radius 1 is 1.39 bits per heavy atom. The number of hydrogen-bond acceptors (Lipinski definition) is 7. The average Bonchev–Trinajstić information content (AvgIpc) is 3.15. The molecule has 1 saturated heterocycles. The van der Waals surface area contributed by atoms with Crippen LogP contribution < -0.4 is 4.72 Å². The molecule has 1 unspecified atom stereocenters. The maximum absolute atomic E-state index is 11.7. The molecule has 9 heteroatoms. The molecule has 2 aromatic rings. The number of hydrogen-bond donors (Lipinski definition) is 1. The molecular formula is C14H19N3O5S. The summed E-state index contributed by atoms with van der Waals surface area (Å²) in [5.74, 6) is 1.00. The van der Waals surface area contributed by atoms with Crippen molar-refractivity contribution in [2.24, 2.45) is 0 Å². The van der Waals surface area contributed by atoms with Gasteiger partial charge in [0, 0.05) is 18.6 Å². The minimum atomic E-state index is -3.64. The fourth-order valence-electron chi connectivity index (χ4n) is 2.64. The van der Waals surface area contributed by atoms with Crippen molar-refractivity contribution in [3.8, 4) is 11.5 Å². The molecule has 0 aliphatic carbocycles. The lowest BCUT2D eigenvalue weighted by Gasteiger charge is -2.34. The third-order valence-corrected chi connectivity index (χ3v) is 5.14. The van der Waals surface area contributed by atoms with E-state index in [1.54, 1.807) is 0 Å². The van der Waals surface area contributed by atoms with E-state index >= 15 is 0 Å². The molecule has 0 saturated carbocycles. The van der Waals surface area contributed by atoms with Gasteiger partial charge in [-0.15, -0.1) is 0 Å². The molecule has 2 aromatic heterocycles. The van der Waals surface area contributed by atoms with Gasteiger partial charge < -0.3 is 13.7 Å². The van der Waals surface area contributed by atoms with E-state index < -0.39 is 10.0 Å². The van der Waals surface area contributed by atoms with E-state index in [-0.39, 0.29) is 22.5 Å². The Bertz CT molecular complexity index is 793. The van der Waals surface area contributed by atoms with Crippen LogP contribution in [0.2, 0.25) is 0 Å². The molecule has 1 N–H and O–H groups in total. The summed E-state index contributed by atoms with van der Waals surface area (Å²) < 4.78 is 41.6. The predicted molar refractivity (Wildman–Crippen MR) is 80.3 cm³/mol. The first kappa shape index (κ1) is 16.2. The summed E-state index contributed by atoms with van der Waals surface area (Å²) in [4.78, 5) is 4.38. The van der Waals surface area contributed by atoms with Crippen molar-refractivity contribution in [3.05, 3.63) is 18.2 Å². The highest BCUT2D eigenvalue weighted by atomic mass is 32.2. The Labute approximate surface area is 134 Å². The van der Waals surface area contributed by atoms with Gasteiger partial charge in [-0.25, -0.2) is 13.1 Å². The highest BCUT2D eigenvalue weighted by Crippen LogP contribution is 2.35. The molecule has 0 aromatic carbocycles. The van der Waals surface area contributed by atoms with Gasteiger partial charge in [0.2, 0.25) is 5.09 Å². The van der Waals surface area contributed by atoms with Gasteiger partial charge in [-0.05, 0) is 33.7 Å². The van der Waals surface area contributed by atoms with Crippen LogP contribution in [0.4, 0.5) is 0 Å². The van der Waals surface area contributed by atoms with Gasteiger partial charge in [-0.1, -0.05) is 5.16 Å². The van der Waals surface area contributed by atoms with Crippen molar-refractivity contribution in [2.75, 3.05) is 13.7 Å². The molecule has 8 nitrogen and oxygen atoms in total. The summed E-state index contributed by atoms with van der Waals surface area (Å²) in [6.45, 7) is 4.72. The molecule has 0 bridgehead atoms. The van der Waals surface area contributed by atoms with Crippen LogP contribution in [0.1, 0.15) is 38.4 Å². The van der Waals surface area contributed by atoms with Gasteiger partial charge in [0.25, 0.3) is 15.9 Å². The molecule has 0 radical (unpaired) electrons. The average molecular weight is 341 g/mol. The molecule has 3 heterocycles. The second kappa shape index (κ2) is 5.73. The maximum Gasteiger partial charge on any atom is 0.273 e. The standard InChI is InChI=1S/C14H19N3O5S/c1-14(2)7-9(4-5-21-14)12-16-13(22-17-12)10-6-11(20-8-10)23(18,19)15-3/h6,8-9,15H,4-5,7H2,1-3H3. The highest BCUT2D eigenvalue weighted by molar-refractivity contribution is 7.89. The van der Waals surface area contributed by atoms with Gasteiger partial charge in [-0.2, -0.15) is 4.98 Å². The summed E-state index contributed by atoms with van der Waals surface area (Å²) in [5, 5.41) is 3.83.